The van der Waals surface area contributed by atoms with Crippen LogP contribution in [0.3, 0.4) is 0 Å². The van der Waals surface area contributed by atoms with E-state index in [-0.39, 0.29) is 5.78 Å². The maximum absolute atomic E-state index is 11.7. The molecule has 0 aromatic heterocycles. The Morgan fingerprint density at radius 1 is 1.22 bits per heavy atom. The number of benzene rings is 2. The molecule has 27 heavy (non-hydrogen) atoms. The van der Waals surface area contributed by atoms with Gasteiger partial charge >= 0.3 is 0 Å². The highest BCUT2D eigenvalue weighted by atomic mass is 16.5. The molecule has 2 aromatic carbocycles. The van der Waals surface area contributed by atoms with E-state index in [1.807, 2.05) is 6.07 Å². The van der Waals surface area contributed by atoms with Crippen LogP contribution in [0.5, 0.6) is 5.75 Å². The average molecular weight is 364 g/mol. The van der Waals surface area contributed by atoms with Crippen molar-refractivity contribution in [2.45, 2.75) is 38.0 Å². The Morgan fingerprint density at radius 3 is 3.04 bits per heavy atom. The maximum atomic E-state index is 11.7. The van der Waals surface area contributed by atoms with E-state index < -0.39 is 0 Å². The van der Waals surface area contributed by atoms with Crippen molar-refractivity contribution in [2.75, 3.05) is 32.1 Å². The van der Waals surface area contributed by atoms with Crippen LogP contribution in [0.15, 0.2) is 36.4 Å². The first-order valence-corrected chi connectivity index (χ1v) is 10.0. The minimum Gasteiger partial charge on any atom is -0.496 e. The number of rotatable bonds is 7. The lowest BCUT2D eigenvalue weighted by molar-refractivity contribution is 0.101. The van der Waals surface area contributed by atoms with Gasteiger partial charge in [0, 0.05) is 11.3 Å². The molecule has 0 spiro atoms. The van der Waals surface area contributed by atoms with Crippen LogP contribution in [0.2, 0.25) is 0 Å². The van der Waals surface area contributed by atoms with Crippen LogP contribution in [0.1, 0.15) is 52.2 Å². The molecule has 0 bridgehead atoms. The Balaban J connectivity index is 1.26. The molecule has 1 heterocycles. The summed E-state index contributed by atoms with van der Waals surface area (Å²) in [6, 6.07) is 12.6. The molecule has 0 amide bonds. The molecule has 4 heteroatoms. The van der Waals surface area contributed by atoms with Crippen LogP contribution in [0.25, 0.3) is 0 Å². The van der Waals surface area contributed by atoms with Gasteiger partial charge in [0.05, 0.1) is 13.7 Å². The third-order valence-corrected chi connectivity index (χ3v) is 5.89. The van der Waals surface area contributed by atoms with Crippen molar-refractivity contribution in [1.82, 2.24) is 5.32 Å². The molecule has 4 rings (SSSR count). The molecule has 2 N–H and O–H groups in total. The topological polar surface area (TPSA) is 50.4 Å². The van der Waals surface area contributed by atoms with Gasteiger partial charge in [0.25, 0.3) is 0 Å². The van der Waals surface area contributed by atoms with Gasteiger partial charge in [0.2, 0.25) is 0 Å². The molecule has 4 nitrogen and oxygen atoms in total. The normalized spacial score (nSPS) is 18.0. The van der Waals surface area contributed by atoms with Gasteiger partial charge in [-0.25, -0.2) is 0 Å². The second-order valence-electron chi connectivity index (χ2n) is 7.56. The summed E-state index contributed by atoms with van der Waals surface area (Å²) in [5, 5.41) is 6.77. The van der Waals surface area contributed by atoms with Gasteiger partial charge in [-0.3, -0.25) is 4.79 Å². The minimum atomic E-state index is 0.194. The number of carbonyl (C=O) groups excluding carboxylic acids is 1. The average Bonchev–Trinajstić information content (AvgIpc) is 3.07. The predicted octanol–water partition coefficient (Wildman–Crippen LogP) is 3.95. The summed E-state index contributed by atoms with van der Waals surface area (Å²) in [6.45, 7) is 2.43. The van der Waals surface area contributed by atoms with E-state index in [2.05, 4.69) is 41.0 Å². The van der Waals surface area contributed by atoms with Gasteiger partial charge in [-0.1, -0.05) is 18.2 Å². The monoisotopic (exact) mass is 364 g/mol. The van der Waals surface area contributed by atoms with Gasteiger partial charge in [-0.2, -0.15) is 0 Å². The number of ketones is 1. The number of anilines is 1. The van der Waals surface area contributed by atoms with Crippen LogP contribution in [0, 0.1) is 0 Å². The summed E-state index contributed by atoms with van der Waals surface area (Å²) in [5.74, 6) is 1.87. The number of nitrogens with one attached hydrogen (secondary N) is 2. The Hall–Kier alpha value is -2.33. The zero-order chi connectivity index (χ0) is 18.6. The Labute approximate surface area is 161 Å². The van der Waals surface area contributed by atoms with E-state index in [0.717, 1.165) is 42.9 Å². The van der Waals surface area contributed by atoms with Crippen molar-refractivity contribution in [1.29, 1.82) is 0 Å². The second-order valence-corrected chi connectivity index (χ2v) is 7.56. The largest absolute Gasteiger partial charge is 0.496 e. The molecule has 0 saturated heterocycles. The van der Waals surface area contributed by atoms with Crippen LogP contribution in [0.4, 0.5) is 5.69 Å². The second kappa shape index (κ2) is 8.13. The highest BCUT2D eigenvalue weighted by Crippen LogP contribution is 2.38. The first-order chi connectivity index (χ1) is 13.3. The van der Waals surface area contributed by atoms with Gasteiger partial charge in [0.15, 0.2) is 5.78 Å². The summed E-state index contributed by atoms with van der Waals surface area (Å²) >= 11 is 0. The van der Waals surface area contributed by atoms with Crippen molar-refractivity contribution in [2.24, 2.45) is 0 Å². The first kappa shape index (κ1) is 18.1. The zero-order valence-corrected chi connectivity index (χ0v) is 16.0. The fourth-order valence-corrected chi connectivity index (χ4v) is 4.45. The van der Waals surface area contributed by atoms with Crippen LogP contribution in [-0.4, -0.2) is 32.5 Å². The summed E-state index contributed by atoms with van der Waals surface area (Å²) < 4.78 is 5.55. The molecular formula is C23H28N2O2. The van der Waals surface area contributed by atoms with Crippen LogP contribution >= 0.6 is 0 Å². The maximum Gasteiger partial charge on any atom is 0.183 e. The zero-order valence-electron chi connectivity index (χ0n) is 16.0. The summed E-state index contributed by atoms with van der Waals surface area (Å²) in [7, 11) is 1.77. The lowest BCUT2D eigenvalue weighted by Gasteiger charge is -2.27. The molecule has 0 fully saturated rings. The number of ether oxygens (including phenoxy) is 1. The van der Waals surface area contributed by atoms with E-state index >= 15 is 0 Å². The fraction of sp³-hybridized carbons (Fsp3) is 0.435. The van der Waals surface area contributed by atoms with E-state index in [1.165, 1.54) is 36.0 Å². The number of methoxy groups -OCH3 is 1. The SMILES string of the molecule is COc1cccc2c1CCCC2CCNCCc1ccc2c(c1)NCC2=O. The highest BCUT2D eigenvalue weighted by molar-refractivity contribution is 6.07. The van der Waals surface area contributed by atoms with Crippen molar-refractivity contribution in [3.8, 4) is 5.75 Å². The minimum absolute atomic E-state index is 0.194. The molecular weight excluding hydrogens is 336 g/mol. The number of hydrogen-bond donors (Lipinski definition) is 2. The third-order valence-electron chi connectivity index (χ3n) is 5.89. The summed E-state index contributed by atoms with van der Waals surface area (Å²) in [4.78, 5) is 11.7. The van der Waals surface area contributed by atoms with Crippen molar-refractivity contribution < 1.29 is 9.53 Å². The standard InChI is InChI=1S/C23H28N2O2/c1-27-23-7-3-5-18-17(4-2-6-19(18)23)11-13-24-12-10-16-8-9-20-21(14-16)25-15-22(20)26/h3,5,7-9,14,17,24-25H,2,4,6,10-13,15H2,1H3. The van der Waals surface area contributed by atoms with Crippen LogP contribution in [-0.2, 0) is 12.8 Å². The quantitative estimate of drug-likeness (QED) is 0.731. The Morgan fingerprint density at radius 2 is 2.15 bits per heavy atom. The highest BCUT2D eigenvalue weighted by Gasteiger charge is 2.22. The smallest absolute Gasteiger partial charge is 0.183 e. The lowest BCUT2D eigenvalue weighted by atomic mass is 9.80. The Bertz CT molecular complexity index is 831. The van der Waals surface area contributed by atoms with E-state index in [0.29, 0.717) is 12.5 Å². The summed E-state index contributed by atoms with van der Waals surface area (Å²) in [6.07, 6.45) is 5.81. The molecule has 2 aromatic rings. The number of fused-ring (bicyclic) bond motifs is 2. The molecule has 1 atom stereocenters. The van der Waals surface area contributed by atoms with E-state index in [9.17, 15) is 4.79 Å². The molecule has 142 valence electrons. The third kappa shape index (κ3) is 3.86. The summed E-state index contributed by atoms with van der Waals surface area (Å²) in [5.41, 5.74) is 5.99. The molecule has 0 radical (unpaired) electrons. The molecule has 1 aliphatic heterocycles. The predicted molar refractivity (Wildman–Crippen MR) is 109 cm³/mol. The van der Waals surface area contributed by atoms with Gasteiger partial charge < -0.3 is 15.4 Å². The fourth-order valence-electron chi connectivity index (χ4n) is 4.45. The molecule has 2 aliphatic rings. The van der Waals surface area contributed by atoms with Gasteiger partial charge in [-0.05, 0) is 86.0 Å². The number of hydrogen-bond acceptors (Lipinski definition) is 4. The Kier molecular flexibility index (Phi) is 5.44. The number of carbonyl (C=O) groups is 1. The molecule has 0 saturated carbocycles. The first-order valence-electron chi connectivity index (χ1n) is 10.0. The van der Waals surface area contributed by atoms with Gasteiger partial charge in [-0.15, -0.1) is 0 Å². The van der Waals surface area contributed by atoms with Crippen molar-refractivity contribution in [3.05, 3.63) is 58.7 Å². The van der Waals surface area contributed by atoms with Crippen molar-refractivity contribution >= 4 is 11.5 Å². The lowest BCUT2D eigenvalue weighted by Crippen LogP contribution is -2.22. The number of Topliss-reactive ketones (excluding diaryl/α,β-unsaturated/α-hetero) is 1. The van der Waals surface area contributed by atoms with Crippen molar-refractivity contribution in [3.63, 3.8) is 0 Å². The van der Waals surface area contributed by atoms with E-state index in [4.69, 9.17) is 4.74 Å². The molecule has 1 aliphatic carbocycles. The molecule has 1 unspecified atom stereocenters. The van der Waals surface area contributed by atoms with E-state index in [1.54, 1.807) is 7.11 Å². The van der Waals surface area contributed by atoms with Gasteiger partial charge in [0.1, 0.15) is 5.75 Å². The van der Waals surface area contributed by atoms with Crippen LogP contribution < -0.4 is 15.4 Å².